The molecule has 0 unspecified atom stereocenters. The summed E-state index contributed by atoms with van der Waals surface area (Å²) in [6.45, 7) is -0.385. The van der Waals surface area contributed by atoms with E-state index in [1.165, 1.54) is 31.4 Å². The number of anilines is 1. The van der Waals surface area contributed by atoms with Gasteiger partial charge >= 0.3 is 12.1 Å². The molecule has 3 amide bonds. The molecule has 0 bridgehead atoms. The number of alkyl halides is 3. The highest BCUT2D eigenvalue weighted by molar-refractivity contribution is 6.30. The van der Waals surface area contributed by atoms with E-state index in [9.17, 15) is 32.3 Å². The van der Waals surface area contributed by atoms with Crippen molar-refractivity contribution in [2.24, 2.45) is 0 Å². The zero-order chi connectivity index (χ0) is 25.0. The van der Waals surface area contributed by atoms with Crippen LogP contribution in [0.25, 0.3) is 0 Å². The Hall–Kier alpha value is -3.44. The molecular formula is C22H18ClF3N2O6. The van der Waals surface area contributed by atoms with Gasteiger partial charge in [-0.05, 0) is 42.8 Å². The molecule has 2 aromatic carbocycles. The molecule has 1 heterocycles. The largest absolute Gasteiger partial charge is 0.452 e. The van der Waals surface area contributed by atoms with Crippen molar-refractivity contribution in [3.05, 3.63) is 63.7 Å². The number of amides is 3. The van der Waals surface area contributed by atoms with E-state index in [4.69, 9.17) is 21.1 Å². The summed E-state index contributed by atoms with van der Waals surface area (Å²) in [7, 11) is 1.49. The van der Waals surface area contributed by atoms with Gasteiger partial charge in [0.05, 0.1) is 27.9 Å². The molecule has 12 heteroatoms. The Labute approximate surface area is 196 Å². The van der Waals surface area contributed by atoms with Gasteiger partial charge in [-0.2, -0.15) is 13.2 Å². The van der Waals surface area contributed by atoms with E-state index >= 15 is 0 Å². The number of carbonyl (C=O) groups excluding carboxylic acids is 4. The van der Waals surface area contributed by atoms with Gasteiger partial charge in [0.25, 0.3) is 17.7 Å². The molecule has 0 radical (unpaired) electrons. The third-order valence-corrected chi connectivity index (χ3v) is 5.07. The Morgan fingerprint density at radius 1 is 1.06 bits per heavy atom. The minimum atomic E-state index is -4.77. The molecule has 2 aromatic rings. The Bertz CT molecular complexity index is 1150. The van der Waals surface area contributed by atoms with Crippen LogP contribution in [0.3, 0.4) is 0 Å². The molecule has 0 saturated carbocycles. The first-order valence-electron chi connectivity index (χ1n) is 9.86. The van der Waals surface area contributed by atoms with Crippen LogP contribution in [0.2, 0.25) is 5.02 Å². The number of methoxy groups -OCH3 is 1. The number of benzene rings is 2. The highest BCUT2D eigenvalue weighted by Gasteiger charge is 2.36. The van der Waals surface area contributed by atoms with Crippen LogP contribution in [-0.2, 0) is 20.4 Å². The first kappa shape index (κ1) is 25.2. The maximum Gasteiger partial charge on any atom is 0.418 e. The lowest BCUT2D eigenvalue weighted by molar-refractivity contribution is -0.137. The number of carbonyl (C=O) groups is 4. The van der Waals surface area contributed by atoms with Crippen molar-refractivity contribution in [1.29, 1.82) is 0 Å². The number of fused-ring (bicyclic) bond motifs is 1. The Morgan fingerprint density at radius 3 is 2.44 bits per heavy atom. The lowest BCUT2D eigenvalue weighted by Crippen LogP contribution is -2.31. The van der Waals surface area contributed by atoms with Crippen LogP contribution in [0.4, 0.5) is 18.9 Å². The van der Waals surface area contributed by atoms with Crippen molar-refractivity contribution >= 4 is 41.0 Å². The first-order chi connectivity index (χ1) is 16.0. The number of rotatable bonds is 8. The van der Waals surface area contributed by atoms with Gasteiger partial charge in [0.15, 0.2) is 6.61 Å². The maximum absolute atomic E-state index is 13.1. The molecule has 1 aliphatic heterocycles. The third kappa shape index (κ3) is 5.54. The molecule has 0 saturated heterocycles. The van der Waals surface area contributed by atoms with Crippen LogP contribution in [0.15, 0.2) is 36.4 Å². The molecule has 0 aromatic heterocycles. The van der Waals surface area contributed by atoms with Gasteiger partial charge in [-0.1, -0.05) is 11.6 Å². The molecule has 0 aliphatic carbocycles. The van der Waals surface area contributed by atoms with Crippen LogP contribution in [-0.4, -0.2) is 55.5 Å². The van der Waals surface area contributed by atoms with Gasteiger partial charge in [0.1, 0.15) is 0 Å². The predicted octanol–water partition coefficient (Wildman–Crippen LogP) is 3.79. The van der Waals surface area contributed by atoms with Crippen molar-refractivity contribution < 1.29 is 41.8 Å². The minimum absolute atomic E-state index is 0.0114. The fourth-order valence-electron chi connectivity index (χ4n) is 3.25. The molecule has 0 fully saturated rings. The number of imide groups is 1. The summed E-state index contributed by atoms with van der Waals surface area (Å²) >= 11 is 5.59. The number of hydrogen-bond donors (Lipinski definition) is 1. The van der Waals surface area contributed by atoms with Crippen molar-refractivity contribution in [2.45, 2.75) is 12.6 Å². The highest BCUT2D eigenvalue weighted by atomic mass is 35.5. The normalized spacial score (nSPS) is 13.1. The molecule has 180 valence electrons. The second-order valence-corrected chi connectivity index (χ2v) is 7.62. The van der Waals surface area contributed by atoms with Gasteiger partial charge in [0.2, 0.25) is 0 Å². The Balaban J connectivity index is 1.65. The quantitative estimate of drug-likeness (QED) is 0.337. The summed E-state index contributed by atoms with van der Waals surface area (Å²) in [5.74, 6) is -3.09. The zero-order valence-electron chi connectivity index (χ0n) is 17.7. The van der Waals surface area contributed by atoms with Gasteiger partial charge in [-0.25, -0.2) is 4.79 Å². The first-order valence-corrected chi connectivity index (χ1v) is 10.2. The molecule has 0 spiro atoms. The van der Waals surface area contributed by atoms with Gasteiger partial charge < -0.3 is 14.8 Å². The Kier molecular flexibility index (Phi) is 7.57. The highest BCUT2D eigenvalue weighted by Crippen LogP contribution is 2.36. The number of ether oxygens (including phenoxy) is 2. The van der Waals surface area contributed by atoms with Gasteiger partial charge in [0, 0.05) is 25.3 Å². The summed E-state index contributed by atoms with van der Waals surface area (Å²) in [5.41, 5.74) is -1.67. The van der Waals surface area contributed by atoms with E-state index in [2.05, 4.69) is 0 Å². The second-order valence-electron chi connectivity index (χ2n) is 7.18. The van der Waals surface area contributed by atoms with E-state index in [0.717, 1.165) is 11.0 Å². The summed E-state index contributed by atoms with van der Waals surface area (Å²) < 4.78 is 49.2. The minimum Gasteiger partial charge on any atom is -0.452 e. The van der Waals surface area contributed by atoms with Crippen molar-refractivity contribution in [2.75, 3.05) is 32.2 Å². The van der Waals surface area contributed by atoms with Crippen molar-refractivity contribution in [3.8, 4) is 0 Å². The summed E-state index contributed by atoms with van der Waals surface area (Å²) in [4.78, 5) is 50.3. The molecule has 1 aliphatic rings. The van der Waals surface area contributed by atoms with Crippen LogP contribution in [0.1, 0.15) is 43.1 Å². The molecule has 8 nitrogen and oxygen atoms in total. The summed E-state index contributed by atoms with van der Waals surface area (Å²) in [5, 5.41) is 1.86. The smallest absolute Gasteiger partial charge is 0.418 e. The third-order valence-electron chi connectivity index (χ3n) is 4.83. The molecule has 0 atom stereocenters. The summed E-state index contributed by atoms with van der Waals surface area (Å²) in [6.07, 6.45) is -4.33. The van der Waals surface area contributed by atoms with Crippen LogP contribution in [0.5, 0.6) is 0 Å². The van der Waals surface area contributed by atoms with Crippen LogP contribution >= 0.6 is 11.6 Å². The molecule has 1 N–H and O–H groups in total. The monoisotopic (exact) mass is 498 g/mol. The number of nitrogens with one attached hydrogen (secondary N) is 1. The predicted molar refractivity (Wildman–Crippen MR) is 114 cm³/mol. The lowest BCUT2D eigenvalue weighted by Gasteiger charge is -2.14. The average molecular weight is 499 g/mol. The Morgan fingerprint density at radius 2 is 1.76 bits per heavy atom. The number of nitrogens with zero attached hydrogens (tertiary/aromatic N) is 1. The van der Waals surface area contributed by atoms with Gasteiger partial charge in [-0.3, -0.25) is 19.3 Å². The standard InChI is InChI=1S/C22H18ClF3N2O6/c1-33-8-2-7-28-19(30)14-5-3-12(9-15(14)20(28)31)21(32)34-11-18(29)27-17-6-4-13(23)10-16(17)22(24,25)26/h3-6,9-10H,2,7-8,11H2,1H3,(H,27,29). The number of esters is 1. The fourth-order valence-corrected chi connectivity index (χ4v) is 3.42. The lowest BCUT2D eigenvalue weighted by atomic mass is 10.1. The second kappa shape index (κ2) is 10.2. The van der Waals surface area contributed by atoms with E-state index in [1.54, 1.807) is 0 Å². The molecule has 3 rings (SSSR count). The van der Waals surface area contributed by atoms with Gasteiger partial charge in [-0.15, -0.1) is 0 Å². The van der Waals surface area contributed by atoms with E-state index in [0.29, 0.717) is 19.1 Å². The maximum atomic E-state index is 13.1. The van der Waals surface area contributed by atoms with E-state index in [-0.39, 0.29) is 28.3 Å². The molecular weight excluding hydrogens is 481 g/mol. The van der Waals surface area contributed by atoms with Crippen molar-refractivity contribution in [1.82, 2.24) is 4.90 Å². The van der Waals surface area contributed by atoms with Crippen molar-refractivity contribution in [3.63, 3.8) is 0 Å². The van der Waals surface area contributed by atoms with Crippen LogP contribution in [0, 0.1) is 0 Å². The topological polar surface area (TPSA) is 102 Å². The molecule has 34 heavy (non-hydrogen) atoms. The summed E-state index contributed by atoms with van der Waals surface area (Å²) in [6, 6.07) is 6.53. The SMILES string of the molecule is COCCCN1C(=O)c2ccc(C(=O)OCC(=O)Nc3ccc(Cl)cc3C(F)(F)F)cc2C1=O. The number of hydrogen-bond acceptors (Lipinski definition) is 6. The fraction of sp³-hybridized carbons (Fsp3) is 0.273. The zero-order valence-corrected chi connectivity index (χ0v) is 18.5. The van der Waals surface area contributed by atoms with Crippen LogP contribution < -0.4 is 5.32 Å². The van der Waals surface area contributed by atoms with E-state index < -0.39 is 47.7 Å². The number of halogens is 4. The average Bonchev–Trinajstić information content (AvgIpc) is 3.02. The van der Waals surface area contributed by atoms with E-state index in [1.807, 2.05) is 5.32 Å².